The van der Waals surface area contributed by atoms with Gasteiger partial charge in [-0.3, -0.25) is 9.36 Å². The van der Waals surface area contributed by atoms with Crippen LogP contribution in [0.1, 0.15) is 0 Å². The Balaban J connectivity index is 1.43. The van der Waals surface area contributed by atoms with Crippen LogP contribution >= 0.6 is 0 Å². The van der Waals surface area contributed by atoms with E-state index < -0.39 is 0 Å². The fourth-order valence-electron chi connectivity index (χ4n) is 6.86. The molecule has 0 N–H and O–H groups in total. The van der Waals surface area contributed by atoms with Crippen LogP contribution in [0, 0.1) is 0 Å². The molecule has 0 saturated carbocycles. The molecule has 4 heteroatoms. The van der Waals surface area contributed by atoms with Gasteiger partial charge in [-0.1, -0.05) is 91.0 Å². The van der Waals surface area contributed by atoms with Gasteiger partial charge in [0.2, 0.25) is 0 Å². The molecule has 9 rings (SSSR count). The van der Waals surface area contributed by atoms with Crippen molar-refractivity contribution in [1.29, 1.82) is 0 Å². The van der Waals surface area contributed by atoms with Gasteiger partial charge in [0.1, 0.15) is 0 Å². The van der Waals surface area contributed by atoms with Crippen LogP contribution in [-0.2, 0) is 0 Å². The number of benzene rings is 6. The summed E-state index contributed by atoms with van der Waals surface area (Å²) in [4.78, 5) is 14.5. The predicted molar refractivity (Wildman–Crippen MR) is 178 cm³/mol. The number of rotatable bonds is 3. The van der Waals surface area contributed by atoms with Crippen molar-refractivity contribution in [1.82, 2.24) is 13.7 Å². The normalized spacial score (nSPS) is 11.8. The van der Waals surface area contributed by atoms with E-state index in [0.29, 0.717) is 0 Å². The molecule has 4 nitrogen and oxygen atoms in total. The summed E-state index contributed by atoms with van der Waals surface area (Å²) in [5.41, 5.74) is 8.14. The van der Waals surface area contributed by atoms with Crippen molar-refractivity contribution in [3.63, 3.8) is 0 Å². The van der Waals surface area contributed by atoms with Crippen LogP contribution in [0.5, 0.6) is 0 Å². The average molecular weight is 552 g/mol. The first kappa shape index (κ1) is 23.8. The Labute approximate surface area is 246 Å². The highest BCUT2D eigenvalue weighted by atomic mass is 16.1. The summed E-state index contributed by atoms with van der Waals surface area (Å²) >= 11 is 0. The summed E-state index contributed by atoms with van der Waals surface area (Å²) < 4.78 is 6.46. The fraction of sp³-hybridized carbons (Fsp3) is 0. The van der Waals surface area contributed by atoms with E-state index >= 15 is 0 Å². The number of nitrogens with zero attached hydrogens (tertiary/aromatic N) is 3. The largest absolute Gasteiger partial charge is 0.309 e. The highest BCUT2D eigenvalue weighted by molar-refractivity contribution is 6.18. The SMILES string of the molecule is O=c1c2c3ccccc3n(-c3ccc4c(c3)c3ccccc3n4-c3ccccc3)c2c2ccccc2n1-c1ccccc1. The van der Waals surface area contributed by atoms with E-state index in [0.717, 1.165) is 55.3 Å². The highest BCUT2D eigenvalue weighted by Gasteiger charge is 2.22. The first-order valence-corrected chi connectivity index (χ1v) is 14.5. The molecule has 0 bridgehead atoms. The minimum Gasteiger partial charge on any atom is -0.309 e. The molecular weight excluding hydrogens is 526 g/mol. The second kappa shape index (κ2) is 9.07. The molecule has 0 aliphatic heterocycles. The standard InChI is InChI=1S/C39H25N3O/c43-39-37-30-18-8-11-21-34(30)41(38(37)31-19-9-12-22-35(31)42(39)27-15-5-2-6-16-27)28-23-24-36-32(25-28)29-17-7-10-20-33(29)40(36)26-13-3-1-4-14-26/h1-25H. The molecule has 6 aromatic carbocycles. The van der Waals surface area contributed by atoms with Gasteiger partial charge in [-0.15, -0.1) is 0 Å². The Kier molecular flexibility index (Phi) is 5.02. The van der Waals surface area contributed by atoms with Gasteiger partial charge in [-0.05, 0) is 60.7 Å². The fourth-order valence-corrected chi connectivity index (χ4v) is 6.86. The molecule has 0 spiro atoms. The molecule has 202 valence electrons. The van der Waals surface area contributed by atoms with Gasteiger partial charge in [0.25, 0.3) is 5.56 Å². The van der Waals surface area contributed by atoms with Gasteiger partial charge in [0.15, 0.2) is 0 Å². The van der Waals surface area contributed by atoms with E-state index in [-0.39, 0.29) is 5.56 Å². The first-order chi connectivity index (χ1) is 21.3. The number of para-hydroxylation sites is 5. The third-order valence-electron chi connectivity index (χ3n) is 8.63. The van der Waals surface area contributed by atoms with Crippen molar-refractivity contribution in [3.8, 4) is 17.1 Å². The molecule has 43 heavy (non-hydrogen) atoms. The number of aromatic nitrogens is 3. The molecule has 0 saturated heterocycles. The zero-order valence-corrected chi connectivity index (χ0v) is 23.2. The van der Waals surface area contributed by atoms with Crippen LogP contribution in [0.15, 0.2) is 156 Å². The molecule has 0 unspecified atom stereocenters. The van der Waals surface area contributed by atoms with Crippen molar-refractivity contribution < 1.29 is 0 Å². The van der Waals surface area contributed by atoms with E-state index in [1.54, 1.807) is 0 Å². The maximum Gasteiger partial charge on any atom is 0.265 e. The number of pyridine rings is 1. The van der Waals surface area contributed by atoms with Crippen LogP contribution in [0.4, 0.5) is 0 Å². The molecule has 3 heterocycles. The Bertz CT molecular complexity index is 2570. The maximum absolute atomic E-state index is 14.5. The minimum atomic E-state index is -0.0170. The second-order valence-electron chi connectivity index (χ2n) is 11.0. The maximum atomic E-state index is 14.5. The predicted octanol–water partition coefficient (Wildman–Crippen LogP) is 9.18. The Morgan fingerprint density at radius 3 is 1.51 bits per heavy atom. The second-order valence-corrected chi connectivity index (χ2v) is 11.0. The Morgan fingerprint density at radius 1 is 0.349 bits per heavy atom. The molecular formula is C39H25N3O. The van der Waals surface area contributed by atoms with Gasteiger partial charge < -0.3 is 9.13 Å². The zero-order chi connectivity index (χ0) is 28.5. The quantitative estimate of drug-likeness (QED) is 0.215. The lowest BCUT2D eigenvalue weighted by molar-refractivity contribution is 1.06. The highest BCUT2D eigenvalue weighted by Crippen LogP contribution is 2.38. The van der Waals surface area contributed by atoms with Crippen LogP contribution in [0.2, 0.25) is 0 Å². The van der Waals surface area contributed by atoms with Gasteiger partial charge in [-0.25, -0.2) is 0 Å². The summed E-state index contributed by atoms with van der Waals surface area (Å²) in [6, 6.07) is 52.2. The molecule has 0 atom stereocenters. The topological polar surface area (TPSA) is 31.9 Å². The first-order valence-electron chi connectivity index (χ1n) is 14.5. The van der Waals surface area contributed by atoms with Crippen molar-refractivity contribution in [2.45, 2.75) is 0 Å². The molecule has 0 fully saturated rings. The lowest BCUT2D eigenvalue weighted by Gasteiger charge is -2.14. The van der Waals surface area contributed by atoms with E-state index in [1.807, 2.05) is 59.2 Å². The van der Waals surface area contributed by atoms with Gasteiger partial charge in [0.05, 0.1) is 33.0 Å². The zero-order valence-electron chi connectivity index (χ0n) is 23.2. The van der Waals surface area contributed by atoms with Crippen LogP contribution < -0.4 is 5.56 Å². The summed E-state index contributed by atoms with van der Waals surface area (Å²) in [7, 11) is 0. The molecule has 0 amide bonds. The summed E-state index contributed by atoms with van der Waals surface area (Å²) in [6.07, 6.45) is 0. The van der Waals surface area contributed by atoms with E-state index in [4.69, 9.17) is 0 Å². The van der Waals surface area contributed by atoms with Crippen molar-refractivity contribution in [3.05, 3.63) is 162 Å². The monoisotopic (exact) mass is 551 g/mol. The van der Waals surface area contributed by atoms with Gasteiger partial charge in [-0.2, -0.15) is 0 Å². The van der Waals surface area contributed by atoms with E-state index in [1.165, 1.54) is 16.3 Å². The Morgan fingerprint density at radius 2 is 0.837 bits per heavy atom. The van der Waals surface area contributed by atoms with Crippen LogP contribution in [0.3, 0.4) is 0 Å². The van der Waals surface area contributed by atoms with Gasteiger partial charge >= 0.3 is 0 Å². The summed E-state index contributed by atoms with van der Waals surface area (Å²) in [5, 5.41) is 5.07. The van der Waals surface area contributed by atoms with Crippen molar-refractivity contribution >= 4 is 54.5 Å². The summed E-state index contributed by atoms with van der Waals surface area (Å²) in [6.45, 7) is 0. The van der Waals surface area contributed by atoms with Crippen LogP contribution in [0.25, 0.3) is 71.6 Å². The number of fused-ring (bicyclic) bond motifs is 8. The lowest BCUT2D eigenvalue weighted by atomic mass is 10.1. The Hall–Kier alpha value is -5.87. The van der Waals surface area contributed by atoms with Crippen molar-refractivity contribution in [2.24, 2.45) is 0 Å². The molecule has 9 aromatic rings. The number of hydrogen-bond acceptors (Lipinski definition) is 1. The lowest BCUT2D eigenvalue weighted by Crippen LogP contribution is -2.19. The third-order valence-corrected chi connectivity index (χ3v) is 8.63. The third kappa shape index (κ3) is 3.35. The smallest absolute Gasteiger partial charge is 0.265 e. The van der Waals surface area contributed by atoms with Gasteiger partial charge in [0, 0.05) is 38.6 Å². The van der Waals surface area contributed by atoms with Crippen molar-refractivity contribution in [2.75, 3.05) is 0 Å². The minimum absolute atomic E-state index is 0.0170. The molecule has 3 aromatic heterocycles. The van der Waals surface area contributed by atoms with E-state index in [9.17, 15) is 4.79 Å². The number of hydrogen-bond donors (Lipinski definition) is 0. The average Bonchev–Trinajstić information content (AvgIpc) is 3.59. The molecule has 0 aliphatic rings. The van der Waals surface area contributed by atoms with E-state index in [2.05, 4.69) is 106 Å². The van der Waals surface area contributed by atoms with Crippen LogP contribution in [-0.4, -0.2) is 13.7 Å². The summed E-state index contributed by atoms with van der Waals surface area (Å²) in [5.74, 6) is 0. The molecule has 0 aliphatic carbocycles. The molecule has 0 radical (unpaired) electrons.